The fourth-order valence-corrected chi connectivity index (χ4v) is 11.6. The van der Waals surface area contributed by atoms with E-state index < -0.39 is 53.4 Å². The monoisotopic (exact) mass is 736 g/mol. The van der Waals surface area contributed by atoms with Crippen molar-refractivity contribution in [3.8, 4) is 0 Å². The first-order valence-electron chi connectivity index (χ1n) is 16.6. The highest BCUT2D eigenvalue weighted by atomic mass is 33.1. The Kier molecular flexibility index (Phi) is 11.7. The maximum Gasteiger partial charge on any atom is 0.449 e. The molecule has 48 heavy (non-hydrogen) atoms. The van der Waals surface area contributed by atoms with E-state index in [9.17, 15) is 31.4 Å². The maximum atomic E-state index is 14.6. The molecule has 0 aromatic rings. The SMILES string of the molecule is C[C@@H]1CC[C@@H](/C(CSSCC2=C(C(F)(F)F)O[C@@H]3OC4(C)CCC5[C@H](C)CC[C@@H]2[C@]53OO4)=C(\O)C(F)(F)F)C2CO[C@@H](C)CCC21.OO. The molecule has 0 aromatic carbocycles. The molecule has 2 aliphatic carbocycles. The molecule has 6 fully saturated rings. The molecule has 0 radical (unpaired) electrons. The number of hydrogen-bond donors (Lipinski definition) is 3. The van der Waals surface area contributed by atoms with Crippen LogP contribution in [0.1, 0.15) is 79.1 Å². The van der Waals surface area contributed by atoms with Crippen molar-refractivity contribution in [1.29, 1.82) is 0 Å². The molecule has 2 saturated carbocycles. The number of rotatable bonds is 6. The van der Waals surface area contributed by atoms with Crippen LogP contribution in [0.3, 0.4) is 0 Å². The Bertz CT molecular complexity index is 1220. The number of aliphatic hydroxyl groups is 1. The minimum absolute atomic E-state index is 0.00780. The Morgan fingerprint density at radius 3 is 2.27 bits per heavy atom. The zero-order chi connectivity index (χ0) is 35.2. The Balaban J connectivity index is 0.00000221. The van der Waals surface area contributed by atoms with Crippen LogP contribution >= 0.6 is 21.6 Å². The first-order chi connectivity index (χ1) is 22.5. The lowest BCUT2D eigenvalue weighted by molar-refractivity contribution is -0.557. The number of aliphatic hydroxyl groups excluding tert-OH is 1. The van der Waals surface area contributed by atoms with Crippen molar-refractivity contribution >= 4 is 21.6 Å². The van der Waals surface area contributed by atoms with Crippen molar-refractivity contribution in [3.05, 3.63) is 22.7 Å². The van der Waals surface area contributed by atoms with E-state index in [4.69, 9.17) is 34.5 Å². The molecule has 7 aliphatic rings. The number of alkyl halides is 6. The van der Waals surface area contributed by atoms with Gasteiger partial charge in [0.25, 0.3) is 0 Å². The summed E-state index contributed by atoms with van der Waals surface area (Å²) in [6, 6.07) is 0. The minimum atomic E-state index is -4.94. The molecule has 7 rings (SSSR count). The second kappa shape index (κ2) is 14.6. The summed E-state index contributed by atoms with van der Waals surface area (Å²) in [5.41, 5.74) is -1.34. The largest absolute Gasteiger partial charge is 0.504 e. The van der Waals surface area contributed by atoms with Gasteiger partial charge in [-0.2, -0.15) is 26.3 Å². The quantitative estimate of drug-likeness (QED) is 0.0610. The molecule has 3 N–H and O–H groups in total. The predicted molar refractivity (Wildman–Crippen MR) is 166 cm³/mol. The Hall–Kier alpha value is -0.880. The van der Waals surface area contributed by atoms with E-state index in [1.54, 1.807) is 6.92 Å². The highest BCUT2D eigenvalue weighted by Gasteiger charge is 2.70. The van der Waals surface area contributed by atoms with Crippen LogP contribution < -0.4 is 0 Å². The van der Waals surface area contributed by atoms with Gasteiger partial charge >= 0.3 is 12.4 Å². The summed E-state index contributed by atoms with van der Waals surface area (Å²) in [7, 11) is 2.07. The summed E-state index contributed by atoms with van der Waals surface area (Å²) in [6.07, 6.45) is -5.96. The smallest absolute Gasteiger partial charge is 0.449 e. The molecule has 16 heteroatoms. The Morgan fingerprint density at radius 2 is 1.58 bits per heavy atom. The fourth-order valence-electron chi connectivity index (χ4n) is 9.19. The van der Waals surface area contributed by atoms with Crippen LogP contribution in [0.2, 0.25) is 0 Å². The average Bonchev–Trinajstić information content (AvgIpc) is 3.38. The molecular weight excluding hydrogens is 690 g/mol. The Labute approximate surface area is 284 Å². The van der Waals surface area contributed by atoms with Gasteiger partial charge < -0.3 is 19.3 Å². The van der Waals surface area contributed by atoms with Crippen molar-refractivity contribution in [2.24, 2.45) is 41.4 Å². The normalized spacial score (nSPS) is 41.9. The Morgan fingerprint density at radius 1 is 0.875 bits per heavy atom. The van der Waals surface area contributed by atoms with Crippen molar-refractivity contribution in [1.82, 2.24) is 0 Å². The molecule has 8 nitrogen and oxygen atoms in total. The third kappa shape index (κ3) is 7.24. The van der Waals surface area contributed by atoms with Gasteiger partial charge in [0.05, 0.1) is 12.7 Å². The molecule has 5 heterocycles. The number of halogens is 6. The third-order valence-corrected chi connectivity index (χ3v) is 13.9. The van der Waals surface area contributed by atoms with Crippen LogP contribution in [0.25, 0.3) is 0 Å². The van der Waals surface area contributed by atoms with Gasteiger partial charge in [0, 0.05) is 29.8 Å². The van der Waals surface area contributed by atoms with Crippen molar-refractivity contribution in [2.45, 2.75) is 115 Å². The van der Waals surface area contributed by atoms with E-state index in [0.29, 0.717) is 44.6 Å². The lowest BCUT2D eigenvalue weighted by Crippen LogP contribution is -2.67. The van der Waals surface area contributed by atoms with E-state index in [2.05, 4.69) is 13.8 Å². The van der Waals surface area contributed by atoms with Gasteiger partial charge in [0.2, 0.25) is 17.8 Å². The van der Waals surface area contributed by atoms with Crippen LogP contribution in [0.15, 0.2) is 22.7 Å². The zero-order valence-corrected chi connectivity index (χ0v) is 29.1. The van der Waals surface area contributed by atoms with E-state index in [-0.39, 0.29) is 52.4 Å². The molecule has 11 atom stereocenters. The fraction of sp³-hybridized carbons (Fsp3) is 0.875. The summed E-state index contributed by atoms with van der Waals surface area (Å²) in [5, 5.41) is 22.5. The van der Waals surface area contributed by atoms with Crippen LogP contribution in [0.5, 0.6) is 0 Å². The minimum Gasteiger partial charge on any atom is -0.504 e. The third-order valence-electron chi connectivity index (χ3n) is 11.7. The van der Waals surface area contributed by atoms with E-state index in [1.165, 1.54) is 0 Å². The van der Waals surface area contributed by atoms with E-state index >= 15 is 0 Å². The summed E-state index contributed by atoms with van der Waals surface area (Å²) >= 11 is 0. The van der Waals surface area contributed by atoms with Gasteiger partial charge in [-0.25, -0.2) is 9.78 Å². The molecule has 0 amide bonds. The van der Waals surface area contributed by atoms with Crippen LogP contribution in [-0.4, -0.2) is 69.9 Å². The van der Waals surface area contributed by atoms with Gasteiger partial charge in [0.1, 0.15) is 0 Å². The van der Waals surface area contributed by atoms with Crippen LogP contribution in [0.4, 0.5) is 26.3 Å². The van der Waals surface area contributed by atoms with Gasteiger partial charge in [0.15, 0.2) is 11.4 Å². The number of ether oxygens (including phenoxy) is 3. The molecular formula is C32H46F6O8S2. The topological polar surface area (TPSA) is 107 Å². The highest BCUT2D eigenvalue weighted by molar-refractivity contribution is 8.76. The summed E-state index contributed by atoms with van der Waals surface area (Å²) in [5.74, 6) is -5.19. The lowest BCUT2D eigenvalue weighted by atomic mass is 9.59. The van der Waals surface area contributed by atoms with Gasteiger partial charge in [-0.05, 0) is 99.5 Å². The number of hydrogen-bond acceptors (Lipinski definition) is 10. The van der Waals surface area contributed by atoms with Crippen molar-refractivity contribution in [3.63, 3.8) is 0 Å². The second-order valence-electron chi connectivity index (χ2n) is 14.4. The molecule has 0 aromatic heterocycles. The zero-order valence-electron chi connectivity index (χ0n) is 27.4. The first-order valence-corrected chi connectivity index (χ1v) is 19.1. The molecule has 2 bridgehead atoms. The van der Waals surface area contributed by atoms with Crippen molar-refractivity contribution in [2.75, 3.05) is 18.1 Å². The predicted octanol–water partition coefficient (Wildman–Crippen LogP) is 9.30. The number of fused-ring (bicyclic) bond motifs is 3. The highest BCUT2D eigenvalue weighted by Crippen LogP contribution is 2.62. The molecule has 4 unspecified atom stereocenters. The van der Waals surface area contributed by atoms with Crippen molar-refractivity contribution < 1.29 is 65.9 Å². The van der Waals surface area contributed by atoms with E-state index in [1.807, 2.05) is 6.92 Å². The summed E-state index contributed by atoms with van der Waals surface area (Å²) in [6.45, 7) is 8.11. The lowest BCUT2D eigenvalue weighted by Gasteiger charge is -2.57. The molecule has 5 aliphatic heterocycles. The maximum absolute atomic E-state index is 14.6. The first kappa shape index (κ1) is 38.4. The summed E-state index contributed by atoms with van der Waals surface area (Å²) < 4.78 is 103. The number of allylic oxidation sites excluding steroid dienone is 2. The summed E-state index contributed by atoms with van der Waals surface area (Å²) in [4.78, 5) is 11.7. The molecule has 276 valence electrons. The van der Waals surface area contributed by atoms with Gasteiger partial charge in [-0.3, -0.25) is 10.5 Å². The van der Waals surface area contributed by atoms with Crippen LogP contribution in [-0.2, 0) is 24.0 Å². The van der Waals surface area contributed by atoms with Gasteiger partial charge in [-0.15, -0.1) is 0 Å². The standard InChI is InChI=1S/C32H44F6O6S2.H2O2/c1-16-5-8-20(21-13-40-18(3)7-9-19(16)21)22(26(39)31(33,34)35)14-45-46-15-23-25-10-6-17(2)24-11-12-29(4)42-28(30(24,25)44-43-29)41-27(23)32(36,37)38;1-2/h16-21,24-25,28,39H,5-15H2,1-4H3;1-2H/b26-22-;/t16-,17-,18+,19?,20-,21?,24?,25+,28-,29?,30-;/m1./s1. The average molecular weight is 737 g/mol. The van der Waals surface area contributed by atoms with E-state index in [0.717, 1.165) is 40.9 Å². The van der Waals surface area contributed by atoms with Gasteiger partial charge in [-0.1, -0.05) is 35.4 Å². The molecule has 4 saturated heterocycles. The van der Waals surface area contributed by atoms with Crippen LogP contribution in [0, 0.1) is 41.4 Å². The second-order valence-corrected chi connectivity index (χ2v) is 16.9. The molecule has 1 spiro atoms.